The number of pyridine rings is 1. The third-order valence-corrected chi connectivity index (χ3v) is 4.65. The Kier molecular flexibility index (Phi) is 4.36. The largest absolute Gasteiger partial charge is 0.481 e. The maximum Gasteiger partial charge on any atom is 0.303 e. The number of aromatic amines is 1. The van der Waals surface area contributed by atoms with Crippen molar-refractivity contribution in [1.29, 1.82) is 0 Å². The molecule has 3 aromatic rings. The van der Waals surface area contributed by atoms with Gasteiger partial charge in [-0.25, -0.2) is 4.98 Å². The summed E-state index contributed by atoms with van der Waals surface area (Å²) in [5.74, 6) is -0.811. The molecule has 0 amide bonds. The Hall–Kier alpha value is -1.98. The van der Waals surface area contributed by atoms with Crippen LogP contribution in [0.1, 0.15) is 12.1 Å². The van der Waals surface area contributed by atoms with Crippen LogP contribution < -0.4 is 0 Å². The second-order valence-corrected chi connectivity index (χ2v) is 6.30. The maximum atomic E-state index is 10.8. The molecule has 0 bridgehead atoms. The Balaban J connectivity index is 1.99. The Morgan fingerprint density at radius 2 is 2.05 bits per heavy atom. The number of rotatable bonds is 5. The maximum absolute atomic E-state index is 10.8. The van der Waals surface area contributed by atoms with Crippen LogP contribution in [0.15, 0.2) is 52.4 Å². The zero-order valence-corrected chi connectivity index (χ0v) is 13.1. The van der Waals surface area contributed by atoms with Crippen molar-refractivity contribution >= 4 is 40.4 Å². The molecule has 6 heteroatoms. The summed E-state index contributed by atoms with van der Waals surface area (Å²) in [6.45, 7) is 0. The topological polar surface area (TPSA) is 66.0 Å². The standard InChI is InChI=1S/C16H13ClN2O2S/c17-10-3-5-11(6-4-10)22-15-12-2-1-9-18-16(12)19-13(15)7-8-14(20)21/h1-6,9H,7-8H2,(H,18,19)(H,20,21). The van der Waals surface area contributed by atoms with E-state index in [0.29, 0.717) is 11.4 Å². The van der Waals surface area contributed by atoms with E-state index in [2.05, 4.69) is 9.97 Å². The minimum Gasteiger partial charge on any atom is -0.481 e. The fourth-order valence-electron chi connectivity index (χ4n) is 2.20. The molecule has 1 aromatic carbocycles. The van der Waals surface area contributed by atoms with Gasteiger partial charge in [0.1, 0.15) is 5.65 Å². The minimum absolute atomic E-state index is 0.0843. The van der Waals surface area contributed by atoms with Crippen LogP contribution in [0.25, 0.3) is 11.0 Å². The number of carboxylic acid groups (broad SMARTS) is 1. The number of hydrogen-bond acceptors (Lipinski definition) is 3. The fraction of sp³-hybridized carbons (Fsp3) is 0.125. The van der Waals surface area contributed by atoms with Gasteiger partial charge in [0.2, 0.25) is 0 Å². The summed E-state index contributed by atoms with van der Waals surface area (Å²) in [6.07, 6.45) is 2.25. The Morgan fingerprint density at radius 1 is 1.27 bits per heavy atom. The number of nitrogens with zero attached hydrogens (tertiary/aromatic N) is 1. The lowest BCUT2D eigenvalue weighted by atomic mass is 10.2. The number of aryl methyl sites for hydroxylation is 1. The molecule has 0 aliphatic heterocycles. The average molecular weight is 333 g/mol. The van der Waals surface area contributed by atoms with Crippen molar-refractivity contribution in [3.8, 4) is 0 Å². The molecule has 112 valence electrons. The summed E-state index contributed by atoms with van der Waals surface area (Å²) in [5, 5.41) is 10.6. The van der Waals surface area contributed by atoms with Gasteiger partial charge in [-0.05, 0) is 42.8 Å². The highest BCUT2D eigenvalue weighted by atomic mass is 35.5. The van der Waals surface area contributed by atoms with Crippen molar-refractivity contribution in [2.75, 3.05) is 0 Å². The van der Waals surface area contributed by atoms with Gasteiger partial charge >= 0.3 is 5.97 Å². The number of nitrogens with one attached hydrogen (secondary N) is 1. The quantitative estimate of drug-likeness (QED) is 0.727. The van der Waals surface area contributed by atoms with Crippen molar-refractivity contribution in [2.45, 2.75) is 22.6 Å². The first-order valence-electron chi connectivity index (χ1n) is 6.74. The molecule has 0 saturated carbocycles. The monoisotopic (exact) mass is 332 g/mol. The third-order valence-electron chi connectivity index (χ3n) is 3.22. The molecule has 22 heavy (non-hydrogen) atoms. The molecule has 0 saturated heterocycles. The van der Waals surface area contributed by atoms with Gasteiger partial charge in [0.15, 0.2) is 0 Å². The molecule has 0 unspecified atom stereocenters. The number of fused-ring (bicyclic) bond motifs is 1. The van der Waals surface area contributed by atoms with Crippen LogP contribution in [-0.2, 0) is 11.2 Å². The van der Waals surface area contributed by atoms with Crippen molar-refractivity contribution in [3.63, 3.8) is 0 Å². The van der Waals surface area contributed by atoms with Crippen LogP contribution in [0.3, 0.4) is 0 Å². The van der Waals surface area contributed by atoms with Gasteiger partial charge in [0.25, 0.3) is 0 Å². The molecule has 2 aromatic heterocycles. The summed E-state index contributed by atoms with van der Waals surface area (Å²) < 4.78 is 0. The lowest BCUT2D eigenvalue weighted by molar-refractivity contribution is -0.136. The Morgan fingerprint density at radius 3 is 2.77 bits per heavy atom. The molecule has 3 rings (SSSR count). The lowest BCUT2D eigenvalue weighted by Crippen LogP contribution is -1.98. The highest BCUT2D eigenvalue weighted by molar-refractivity contribution is 7.99. The van der Waals surface area contributed by atoms with E-state index < -0.39 is 5.97 Å². The number of hydrogen-bond donors (Lipinski definition) is 2. The summed E-state index contributed by atoms with van der Waals surface area (Å²) in [7, 11) is 0. The van der Waals surface area contributed by atoms with Crippen molar-refractivity contribution < 1.29 is 9.90 Å². The van der Waals surface area contributed by atoms with Crippen LogP contribution in [0, 0.1) is 0 Å². The van der Waals surface area contributed by atoms with Crippen LogP contribution in [-0.4, -0.2) is 21.0 Å². The van der Waals surface area contributed by atoms with Crippen molar-refractivity contribution in [1.82, 2.24) is 9.97 Å². The first-order chi connectivity index (χ1) is 10.6. The number of carbonyl (C=O) groups is 1. The predicted molar refractivity (Wildman–Crippen MR) is 87.6 cm³/mol. The number of H-pyrrole nitrogens is 1. The minimum atomic E-state index is -0.811. The van der Waals surface area contributed by atoms with E-state index in [4.69, 9.17) is 16.7 Å². The van der Waals surface area contributed by atoms with Gasteiger partial charge in [0.05, 0.1) is 6.42 Å². The molecule has 2 N–H and O–H groups in total. The summed E-state index contributed by atoms with van der Waals surface area (Å²) in [5.41, 5.74) is 1.68. The number of aromatic nitrogens is 2. The van der Waals surface area contributed by atoms with E-state index >= 15 is 0 Å². The van der Waals surface area contributed by atoms with Gasteiger partial charge in [-0.15, -0.1) is 0 Å². The van der Waals surface area contributed by atoms with Crippen LogP contribution in [0.5, 0.6) is 0 Å². The molecular formula is C16H13ClN2O2S. The van der Waals surface area contributed by atoms with Crippen LogP contribution >= 0.6 is 23.4 Å². The van der Waals surface area contributed by atoms with Crippen molar-refractivity contribution in [3.05, 3.63) is 53.3 Å². The van der Waals surface area contributed by atoms with Crippen LogP contribution in [0.2, 0.25) is 5.02 Å². The highest BCUT2D eigenvalue weighted by Gasteiger charge is 2.14. The van der Waals surface area contributed by atoms with E-state index in [-0.39, 0.29) is 6.42 Å². The lowest BCUT2D eigenvalue weighted by Gasteiger charge is -2.04. The van der Waals surface area contributed by atoms with Crippen LogP contribution in [0.4, 0.5) is 0 Å². The number of aliphatic carboxylic acids is 1. The van der Waals surface area contributed by atoms with Gasteiger partial charge in [-0.2, -0.15) is 0 Å². The van der Waals surface area contributed by atoms with Crippen molar-refractivity contribution in [2.24, 2.45) is 0 Å². The van der Waals surface area contributed by atoms with Gasteiger partial charge in [-0.1, -0.05) is 23.4 Å². The number of benzene rings is 1. The van der Waals surface area contributed by atoms with E-state index in [1.807, 2.05) is 36.4 Å². The fourth-order valence-corrected chi connectivity index (χ4v) is 3.38. The molecule has 0 spiro atoms. The smallest absolute Gasteiger partial charge is 0.303 e. The second kappa shape index (κ2) is 6.42. The zero-order chi connectivity index (χ0) is 15.5. The van der Waals surface area contributed by atoms with E-state index in [1.165, 1.54) is 0 Å². The molecule has 0 fully saturated rings. The first kappa shape index (κ1) is 14.9. The van der Waals surface area contributed by atoms with E-state index in [9.17, 15) is 4.79 Å². The summed E-state index contributed by atoms with van der Waals surface area (Å²) in [4.78, 5) is 20.4. The summed E-state index contributed by atoms with van der Waals surface area (Å²) >= 11 is 7.50. The molecule has 4 nitrogen and oxygen atoms in total. The molecule has 2 heterocycles. The first-order valence-corrected chi connectivity index (χ1v) is 7.94. The third kappa shape index (κ3) is 3.26. The average Bonchev–Trinajstić information content (AvgIpc) is 2.85. The Bertz CT molecular complexity index is 815. The zero-order valence-electron chi connectivity index (χ0n) is 11.5. The highest BCUT2D eigenvalue weighted by Crippen LogP contribution is 2.36. The summed E-state index contributed by atoms with van der Waals surface area (Å²) in [6, 6.07) is 11.4. The molecule has 0 aliphatic carbocycles. The molecule has 0 atom stereocenters. The van der Waals surface area contributed by atoms with Gasteiger partial charge in [0, 0.05) is 32.1 Å². The normalized spacial score (nSPS) is 11.0. The van der Waals surface area contributed by atoms with Gasteiger partial charge in [-0.3, -0.25) is 4.79 Å². The molecule has 0 aliphatic rings. The molecule has 0 radical (unpaired) electrons. The van der Waals surface area contributed by atoms with E-state index in [0.717, 1.165) is 26.5 Å². The van der Waals surface area contributed by atoms with E-state index in [1.54, 1.807) is 18.0 Å². The number of halogens is 1. The molecular weight excluding hydrogens is 320 g/mol. The Labute approximate surface area is 136 Å². The SMILES string of the molecule is O=C(O)CCc1[nH]c2ncccc2c1Sc1ccc(Cl)cc1. The number of carboxylic acids is 1. The second-order valence-electron chi connectivity index (χ2n) is 4.78. The van der Waals surface area contributed by atoms with Gasteiger partial charge < -0.3 is 10.1 Å². The predicted octanol–water partition coefficient (Wildman–Crippen LogP) is 4.38.